The topological polar surface area (TPSA) is 30.9 Å². The van der Waals surface area contributed by atoms with Crippen LogP contribution in [0.15, 0.2) is 24.3 Å². The molecule has 0 radical (unpaired) electrons. The molecule has 2 rings (SSSR count). The highest BCUT2D eigenvalue weighted by molar-refractivity contribution is 5.31. The fraction of sp³-hybridized carbons (Fsp3) is 0.625. The van der Waals surface area contributed by atoms with Crippen LogP contribution in [-0.4, -0.2) is 51.5 Å². The van der Waals surface area contributed by atoms with E-state index in [1.54, 1.807) is 7.11 Å². The Labute approximate surface area is 121 Å². The van der Waals surface area contributed by atoms with E-state index in [9.17, 15) is 0 Å². The van der Waals surface area contributed by atoms with Gasteiger partial charge in [-0.1, -0.05) is 6.42 Å². The lowest BCUT2D eigenvalue weighted by Gasteiger charge is -2.26. The summed E-state index contributed by atoms with van der Waals surface area (Å²) in [4.78, 5) is 2.48. The maximum absolute atomic E-state index is 5.61. The van der Waals surface area contributed by atoms with Crippen molar-refractivity contribution in [1.29, 1.82) is 0 Å². The first-order valence-electron chi connectivity index (χ1n) is 7.45. The van der Waals surface area contributed by atoms with Gasteiger partial charge < -0.3 is 19.1 Å². The van der Waals surface area contributed by atoms with Crippen LogP contribution in [0.4, 0.5) is 0 Å². The fourth-order valence-electron chi connectivity index (χ4n) is 2.37. The van der Waals surface area contributed by atoms with Gasteiger partial charge in [0.15, 0.2) is 0 Å². The standard InChI is InChI=1S/C16H25NO3/c1-18-15-5-7-16(8-6-15)20-14-13-19-12-11-17-9-3-2-4-10-17/h5-8H,2-4,9-14H2,1H3. The van der Waals surface area contributed by atoms with Crippen LogP contribution in [0.25, 0.3) is 0 Å². The van der Waals surface area contributed by atoms with Crippen molar-refractivity contribution >= 4 is 0 Å². The molecule has 0 bridgehead atoms. The molecule has 0 atom stereocenters. The molecule has 0 aliphatic carbocycles. The summed E-state index contributed by atoms with van der Waals surface area (Å²) in [5.74, 6) is 1.69. The quantitative estimate of drug-likeness (QED) is 0.684. The van der Waals surface area contributed by atoms with Gasteiger partial charge in [-0.3, -0.25) is 0 Å². The van der Waals surface area contributed by atoms with Gasteiger partial charge in [0.05, 0.1) is 20.3 Å². The summed E-state index contributed by atoms with van der Waals surface area (Å²) in [7, 11) is 1.66. The number of rotatable bonds is 8. The van der Waals surface area contributed by atoms with Crippen molar-refractivity contribution in [3.8, 4) is 11.5 Å². The number of ether oxygens (including phenoxy) is 3. The maximum atomic E-state index is 5.61. The van der Waals surface area contributed by atoms with Crippen molar-refractivity contribution in [2.24, 2.45) is 0 Å². The van der Waals surface area contributed by atoms with E-state index in [4.69, 9.17) is 14.2 Å². The molecule has 4 nitrogen and oxygen atoms in total. The molecule has 1 aliphatic heterocycles. The van der Waals surface area contributed by atoms with Crippen molar-refractivity contribution in [3.63, 3.8) is 0 Å². The SMILES string of the molecule is COc1ccc(OCCOCCN2CCCCC2)cc1. The predicted molar refractivity (Wildman–Crippen MR) is 79.6 cm³/mol. The first-order chi connectivity index (χ1) is 9.88. The molecule has 1 heterocycles. The molecule has 0 aromatic heterocycles. The van der Waals surface area contributed by atoms with Crippen LogP contribution >= 0.6 is 0 Å². The van der Waals surface area contributed by atoms with E-state index in [1.165, 1.54) is 32.4 Å². The van der Waals surface area contributed by atoms with Gasteiger partial charge >= 0.3 is 0 Å². The molecular weight excluding hydrogens is 254 g/mol. The van der Waals surface area contributed by atoms with Crippen LogP contribution < -0.4 is 9.47 Å². The number of hydrogen-bond donors (Lipinski definition) is 0. The van der Waals surface area contributed by atoms with Crippen LogP contribution in [-0.2, 0) is 4.74 Å². The molecule has 1 aromatic rings. The zero-order valence-electron chi connectivity index (χ0n) is 12.3. The number of nitrogens with zero attached hydrogens (tertiary/aromatic N) is 1. The number of piperidine rings is 1. The van der Waals surface area contributed by atoms with E-state index in [2.05, 4.69) is 4.90 Å². The van der Waals surface area contributed by atoms with E-state index in [0.29, 0.717) is 13.2 Å². The first kappa shape index (κ1) is 15.1. The molecule has 112 valence electrons. The Hall–Kier alpha value is -1.26. The van der Waals surface area contributed by atoms with E-state index < -0.39 is 0 Å². The number of hydrogen-bond acceptors (Lipinski definition) is 4. The van der Waals surface area contributed by atoms with E-state index in [0.717, 1.165) is 24.7 Å². The molecule has 0 saturated carbocycles. The smallest absolute Gasteiger partial charge is 0.119 e. The Kier molecular flexibility index (Phi) is 6.68. The van der Waals surface area contributed by atoms with Crippen LogP contribution in [0.1, 0.15) is 19.3 Å². The molecule has 1 saturated heterocycles. The Morgan fingerprint density at radius 2 is 1.60 bits per heavy atom. The molecule has 1 aromatic carbocycles. The minimum Gasteiger partial charge on any atom is -0.497 e. The third kappa shape index (κ3) is 5.39. The fourth-order valence-corrected chi connectivity index (χ4v) is 2.37. The Bertz CT molecular complexity index is 360. The Morgan fingerprint density at radius 1 is 0.900 bits per heavy atom. The molecule has 1 fully saturated rings. The van der Waals surface area contributed by atoms with Gasteiger partial charge in [-0.15, -0.1) is 0 Å². The van der Waals surface area contributed by atoms with Crippen LogP contribution in [0.3, 0.4) is 0 Å². The third-order valence-electron chi connectivity index (χ3n) is 3.56. The number of benzene rings is 1. The zero-order valence-corrected chi connectivity index (χ0v) is 12.3. The summed E-state index contributed by atoms with van der Waals surface area (Å²) in [6.45, 7) is 5.53. The Balaban J connectivity index is 1.50. The van der Waals surface area contributed by atoms with Crippen molar-refractivity contribution in [1.82, 2.24) is 4.90 Å². The van der Waals surface area contributed by atoms with E-state index in [-0.39, 0.29) is 0 Å². The number of likely N-dealkylation sites (tertiary alicyclic amines) is 1. The van der Waals surface area contributed by atoms with Crippen molar-refractivity contribution in [2.45, 2.75) is 19.3 Å². The van der Waals surface area contributed by atoms with Gasteiger partial charge in [0.2, 0.25) is 0 Å². The monoisotopic (exact) mass is 279 g/mol. The minimum atomic E-state index is 0.590. The lowest BCUT2D eigenvalue weighted by atomic mass is 10.1. The van der Waals surface area contributed by atoms with Gasteiger partial charge in [-0.05, 0) is 50.2 Å². The predicted octanol–water partition coefficient (Wildman–Crippen LogP) is 2.58. The highest BCUT2D eigenvalue weighted by atomic mass is 16.5. The van der Waals surface area contributed by atoms with E-state index >= 15 is 0 Å². The third-order valence-corrected chi connectivity index (χ3v) is 3.56. The van der Waals surface area contributed by atoms with E-state index in [1.807, 2.05) is 24.3 Å². The van der Waals surface area contributed by atoms with Crippen LogP contribution in [0.5, 0.6) is 11.5 Å². The van der Waals surface area contributed by atoms with Crippen LogP contribution in [0.2, 0.25) is 0 Å². The second kappa shape index (κ2) is 8.82. The molecule has 0 spiro atoms. The lowest BCUT2D eigenvalue weighted by Crippen LogP contribution is -2.32. The lowest BCUT2D eigenvalue weighted by molar-refractivity contribution is 0.0750. The second-order valence-corrected chi connectivity index (χ2v) is 5.04. The molecule has 4 heteroatoms. The molecular formula is C16H25NO3. The summed E-state index contributed by atoms with van der Waals surface area (Å²) in [5, 5.41) is 0. The van der Waals surface area contributed by atoms with Gasteiger partial charge in [0.1, 0.15) is 18.1 Å². The maximum Gasteiger partial charge on any atom is 0.119 e. The summed E-state index contributed by atoms with van der Waals surface area (Å²) >= 11 is 0. The highest BCUT2D eigenvalue weighted by Crippen LogP contribution is 2.16. The zero-order chi connectivity index (χ0) is 14.0. The first-order valence-corrected chi connectivity index (χ1v) is 7.45. The molecule has 1 aliphatic rings. The summed E-state index contributed by atoms with van der Waals surface area (Å²) in [5.41, 5.74) is 0. The summed E-state index contributed by atoms with van der Waals surface area (Å²) in [6, 6.07) is 7.61. The largest absolute Gasteiger partial charge is 0.497 e. The van der Waals surface area contributed by atoms with Gasteiger partial charge in [0.25, 0.3) is 0 Å². The van der Waals surface area contributed by atoms with Gasteiger partial charge in [0, 0.05) is 6.54 Å². The second-order valence-electron chi connectivity index (χ2n) is 5.04. The molecule has 0 amide bonds. The van der Waals surface area contributed by atoms with Crippen LogP contribution in [0, 0.1) is 0 Å². The van der Waals surface area contributed by atoms with Gasteiger partial charge in [-0.2, -0.15) is 0 Å². The van der Waals surface area contributed by atoms with Crippen molar-refractivity contribution in [2.75, 3.05) is 46.6 Å². The molecule has 0 N–H and O–H groups in total. The summed E-state index contributed by atoms with van der Waals surface area (Å²) in [6.07, 6.45) is 4.05. The molecule has 20 heavy (non-hydrogen) atoms. The van der Waals surface area contributed by atoms with Crippen molar-refractivity contribution < 1.29 is 14.2 Å². The van der Waals surface area contributed by atoms with Crippen molar-refractivity contribution in [3.05, 3.63) is 24.3 Å². The Morgan fingerprint density at radius 3 is 2.30 bits per heavy atom. The normalized spacial score (nSPS) is 16.1. The summed E-state index contributed by atoms with van der Waals surface area (Å²) < 4.78 is 16.3. The highest BCUT2D eigenvalue weighted by Gasteiger charge is 2.08. The van der Waals surface area contributed by atoms with Gasteiger partial charge in [-0.25, -0.2) is 0 Å². The minimum absolute atomic E-state index is 0.590. The average molecular weight is 279 g/mol. The molecule has 0 unspecified atom stereocenters. The number of methoxy groups -OCH3 is 1. The average Bonchev–Trinajstić information content (AvgIpc) is 2.52.